The lowest BCUT2D eigenvalue weighted by atomic mass is 10.1. The minimum atomic E-state index is -0.510. The summed E-state index contributed by atoms with van der Waals surface area (Å²) in [4.78, 5) is 31.4. The number of nitrogens with two attached hydrogens (primary N) is 1. The van der Waals surface area contributed by atoms with Crippen LogP contribution in [0, 0.1) is 0 Å². The monoisotopic (exact) mass is 448 g/mol. The van der Waals surface area contributed by atoms with E-state index in [0.717, 1.165) is 54.3 Å². The van der Waals surface area contributed by atoms with Crippen molar-refractivity contribution in [3.63, 3.8) is 0 Å². The molecule has 0 saturated carbocycles. The first-order valence-electron chi connectivity index (χ1n) is 11.1. The number of aryl methyl sites for hydroxylation is 1. The van der Waals surface area contributed by atoms with E-state index in [0.29, 0.717) is 11.3 Å². The van der Waals surface area contributed by atoms with E-state index >= 15 is 0 Å². The van der Waals surface area contributed by atoms with Gasteiger partial charge in [-0.25, -0.2) is 4.98 Å². The normalized spacial score (nSPS) is 13.7. The quantitative estimate of drug-likeness (QED) is 0.551. The van der Waals surface area contributed by atoms with Gasteiger partial charge < -0.3 is 16.0 Å². The molecule has 1 aliphatic rings. The van der Waals surface area contributed by atoms with Gasteiger partial charge in [-0.1, -0.05) is 31.2 Å². The van der Waals surface area contributed by atoms with Crippen LogP contribution in [-0.4, -0.2) is 29.9 Å². The van der Waals surface area contributed by atoms with Crippen molar-refractivity contribution in [2.45, 2.75) is 39.0 Å². The topological polar surface area (TPSA) is 88.3 Å². The number of benzene rings is 2. The van der Waals surface area contributed by atoms with Crippen molar-refractivity contribution in [2.75, 3.05) is 23.3 Å². The molecule has 2 amide bonds. The van der Waals surface area contributed by atoms with Crippen molar-refractivity contribution in [3.8, 4) is 10.6 Å². The van der Waals surface area contributed by atoms with Gasteiger partial charge in [-0.2, -0.15) is 0 Å². The van der Waals surface area contributed by atoms with Crippen LogP contribution in [0.1, 0.15) is 47.8 Å². The Kier molecular flexibility index (Phi) is 6.85. The lowest BCUT2D eigenvalue weighted by molar-refractivity contribution is -0.115. The van der Waals surface area contributed by atoms with Gasteiger partial charge in [-0.3, -0.25) is 9.59 Å². The SMILES string of the molecule is CCc1ccc(-c2nc(CC(=O)Nc3cc(C(N)=O)ccc3N3CCCCC3)cs2)cc1. The largest absolute Gasteiger partial charge is 0.370 e. The number of piperidine rings is 1. The first-order valence-corrected chi connectivity index (χ1v) is 11.9. The number of hydrogen-bond acceptors (Lipinski definition) is 5. The van der Waals surface area contributed by atoms with E-state index in [4.69, 9.17) is 5.73 Å². The second-order valence-electron chi connectivity index (χ2n) is 8.06. The third-order valence-electron chi connectivity index (χ3n) is 5.75. The third-order valence-corrected chi connectivity index (χ3v) is 6.69. The van der Waals surface area contributed by atoms with Gasteiger partial charge in [0.25, 0.3) is 0 Å². The minimum Gasteiger partial charge on any atom is -0.370 e. The number of thiazole rings is 1. The van der Waals surface area contributed by atoms with Crippen molar-refractivity contribution in [1.82, 2.24) is 4.98 Å². The molecule has 4 rings (SSSR count). The predicted octanol–water partition coefficient (Wildman–Crippen LogP) is 4.64. The van der Waals surface area contributed by atoms with Crippen LogP contribution >= 0.6 is 11.3 Å². The van der Waals surface area contributed by atoms with E-state index in [1.54, 1.807) is 12.1 Å². The molecule has 3 N–H and O–H groups in total. The highest BCUT2D eigenvalue weighted by atomic mass is 32.1. The van der Waals surface area contributed by atoms with Crippen molar-refractivity contribution in [3.05, 3.63) is 64.7 Å². The summed E-state index contributed by atoms with van der Waals surface area (Å²) in [6, 6.07) is 13.6. The number of primary amides is 1. The molecular formula is C25H28N4O2S. The van der Waals surface area contributed by atoms with Crippen LogP contribution in [0.15, 0.2) is 47.8 Å². The second kappa shape index (κ2) is 9.96. The van der Waals surface area contributed by atoms with E-state index in [2.05, 4.69) is 46.4 Å². The van der Waals surface area contributed by atoms with Crippen molar-refractivity contribution in [1.29, 1.82) is 0 Å². The fourth-order valence-corrected chi connectivity index (χ4v) is 4.79. The maximum Gasteiger partial charge on any atom is 0.248 e. The molecule has 0 aliphatic carbocycles. The highest BCUT2D eigenvalue weighted by Crippen LogP contribution is 2.30. The number of aromatic nitrogens is 1. The van der Waals surface area contributed by atoms with Crippen LogP contribution in [0.25, 0.3) is 10.6 Å². The lowest BCUT2D eigenvalue weighted by Crippen LogP contribution is -2.30. The van der Waals surface area contributed by atoms with Crippen LogP contribution in [0.5, 0.6) is 0 Å². The van der Waals surface area contributed by atoms with Crippen molar-refractivity contribution in [2.24, 2.45) is 5.73 Å². The number of nitrogens with one attached hydrogen (secondary N) is 1. The Morgan fingerprint density at radius 1 is 1.09 bits per heavy atom. The summed E-state index contributed by atoms with van der Waals surface area (Å²) in [5, 5.41) is 5.82. The maximum atomic E-state index is 12.8. The maximum absolute atomic E-state index is 12.8. The summed E-state index contributed by atoms with van der Waals surface area (Å²) in [5.41, 5.74) is 10.5. The zero-order valence-corrected chi connectivity index (χ0v) is 19.1. The molecule has 1 aliphatic heterocycles. The summed E-state index contributed by atoms with van der Waals surface area (Å²) in [7, 11) is 0. The van der Waals surface area contributed by atoms with E-state index in [9.17, 15) is 9.59 Å². The first kappa shape index (κ1) is 22.0. The highest BCUT2D eigenvalue weighted by molar-refractivity contribution is 7.13. The minimum absolute atomic E-state index is 0.164. The number of anilines is 2. The van der Waals surface area contributed by atoms with Gasteiger partial charge in [0.2, 0.25) is 11.8 Å². The zero-order chi connectivity index (χ0) is 22.5. The number of carbonyl (C=O) groups excluding carboxylic acids is 2. The fourth-order valence-electron chi connectivity index (χ4n) is 3.96. The van der Waals surface area contributed by atoms with Crippen molar-refractivity contribution < 1.29 is 9.59 Å². The molecule has 6 nitrogen and oxygen atoms in total. The zero-order valence-electron chi connectivity index (χ0n) is 18.3. The first-order chi connectivity index (χ1) is 15.5. The molecule has 3 aromatic rings. The van der Waals surface area contributed by atoms with E-state index < -0.39 is 5.91 Å². The van der Waals surface area contributed by atoms with E-state index in [1.165, 1.54) is 23.3 Å². The van der Waals surface area contributed by atoms with Gasteiger partial charge in [0.1, 0.15) is 5.01 Å². The third kappa shape index (κ3) is 5.16. The average Bonchev–Trinajstić information content (AvgIpc) is 3.28. The molecule has 1 saturated heterocycles. The Bertz CT molecular complexity index is 1100. The Balaban J connectivity index is 1.49. The molecule has 0 spiro atoms. The summed E-state index contributed by atoms with van der Waals surface area (Å²) < 4.78 is 0. The number of carbonyl (C=O) groups is 2. The number of hydrogen-bond donors (Lipinski definition) is 2. The number of nitrogens with zero attached hydrogens (tertiary/aromatic N) is 2. The Labute approximate surface area is 192 Å². The molecule has 0 unspecified atom stereocenters. The molecule has 0 bridgehead atoms. The summed E-state index contributed by atoms with van der Waals surface area (Å²) >= 11 is 1.54. The number of rotatable bonds is 7. The lowest BCUT2D eigenvalue weighted by Gasteiger charge is -2.30. The molecule has 7 heteroatoms. The molecule has 2 aromatic carbocycles. The van der Waals surface area contributed by atoms with Crippen LogP contribution in [0.4, 0.5) is 11.4 Å². The summed E-state index contributed by atoms with van der Waals surface area (Å²) in [5.74, 6) is -0.674. The van der Waals surface area contributed by atoms with Gasteiger partial charge in [-0.05, 0) is 49.4 Å². The fraction of sp³-hybridized carbons (Fsp3) is 0.320. The summed E-state index contributed by atoms with van der Waals surface area (Å²) in [6.45, 7) is 4.00. The van der Waals surface area contributed by atoms with Crippen LogP contribution in [0.2, 0.25) is 0 Å². The average molecular weight is 449 g/mol. The second-order valence-corrected chi connectivity index (χ2v) is 8.92. The molecule has 32 heavy (non-hydrogen) atoms. The van der Waals surface area contributed by atoms with E-state index in [-0.39, 0.29) is 12.3 Å². The Morgan fingerprint density at radius 3 is 2.53 bits per heavy atom. The smallest absolute Gasteiger partial charge is 0.248 e. The standard InChI is InChI=1S/C25H28N4O2S/c1-2-17-6-8-18(9-7-17)25-27-20(16-32-25)15-23(30)28-21-14-19(24(26)31)10-11-22(21)29-12-4-3-5-13-29/h6-11,14,16H,2-5,12-13,15H2,1H3,(H2,26,31)(H,28,30). The molecule has 2 heterocycles. The molecule has 166 valence electrons. The molecule has 1 aromatic heterocycles. The van der Waals surface area contributed by atoms with Crippen LogP contribution < -0.4 is 16.0 Å². The molecule has 0 atom stereocenters. The van der Waals surface area contributed by atoms with Crippen molar-refractivity contribution >= 4 is 34.5 Å². The Hall–Kier alpha value is -3.19. The summed E-state index contributed by atoms with van der Waals surface area (Å²) in [6.07, 6.45) is 4.62. The predicted molar refractivity (Wildman–Crippen MR) is 130 cm³/mol. The van der Waals surface area contributed by atoms with Crippen LogP contribution in [0.3, 0.4) is 0 Å². The molecular weight excluding hydrogens is 420 g/mol. The van der Waals surface area contributed by atoms with Gasteiger partial charge in [0, 0.05) is 29.6 Å². The Morgan fingerprint density at radius 2 is 1.84 bits per heavy atom. The van der Waals surface area contributed by atoms with Gasteiger partial charge in [0.05, 0.1) is 23.5 Å². The van der Waals surface area contributed by atoms with E-state index in [1.807, 2.05) is 11.4 Å². The molecule has 0 radical (unpaired) electrons. The highest BCUT2D eigenvalue weighted by Gasteiger charge is 2.18. The van der Waals surface area contributed by atoms with Gasteiger partial charge >= 0.3 is 0 Å². The van der Waals surface area contributed by atoms with Gasteiger partial charge in [0.15, 0.2) is 0 Å². The number of amides is 2. The molecule has 1 fully saturated rings. The van der Waals surface area contributed by atoms with Gasteiger partial charge in [-0.15, -0.1) is 11.3 Å². The van der Waals surface area contributed by atoms with Crippen LogP contribution in [-0.2, 0) is 17.6 Å².